The van der Waals surface area contributed by atoms with E-state index in [4.69, 9.17) is 26.1 Å². The molecule has 0 aliphatic carbocycles. The normalized spacial score (nSPS) is 18.5. The standard InChI is InChI=1S/C28H29ClN2O3/c1-33-23-10-11-24-25(27-20(4-2-14-30-27)19-34-26(24)18-23)5-3-15-31-16-12-28(32,13-17-31)21-6-8-22(29)9-7-21/h2,4-11,14,18,32H,3,12-13,15-17,19H2,1H3. The second kappa shape index (κ2) is 9.79. The first kappa shape index (κ1) is 22.9. The number of methoxy groups -OCH3 is 1. The van der Waals surface area contributed by atoms with Gasteiger partial charge < -0.3 is 19.5 Å². The maximum atomic E-state index is 11.2. The molecular weight excluding hydrogens is 448 g/mol. The summed E-state index contributed by atoms with van der Waals surface area (Å²) < 4.78 is 11.5. The summed E-state index contributed by atoms with van der Waals surface area (Å²) in [4.78, 5) is 7.11. The molecule has 1 saturated heterocycles. The molecule has 5 rings (SSSR count). The van der Waals surface area contributed by atoms with Crippen LogP contribution in [0.4, 0.5) is 0 Å². The van der Waals surface area contributed by atoms with Crippen LogP contribution in [0.25, 0.3) is 5.57 Å². The summed E-state index contributed by atoms with van der Waals surface area (Å²) in [5, 5.41) is 11.9. The van der Waals surface area contributed by atoms with Gasteiger partial charge in [0.05, 0.1) is 18.4 Å². The average molecular weight is 477 g/mol. The van der Waals surface area contributed by atoms with Gasteiger partial charge >= 0.3 is 0 Å². The first-order valence-corrected chi connectivity index (χ1v) is 12.1. The average Bonchev–Trinajstić information content (AvgIpc) is 3.02. The number of pyridine rings is 1. The molecule has 0 amide bonds. The van der Waals surface area contributed by atoms with Gasteiger partial charge in [-0.2, -0.15) is 0 Å². The third-order valence-electron chi connectivity index (χ3n) is 6.87. The summed E-state index contributed by atoms with van der Waals surface area (Å²) in [7, 11) is 1.66. The molecule has 1 fully saturated rings. The Morgan fingerprint density at radius 2 is 1.94 bits per heavy atom. The second-order valence-electron chi connectivity index (χ2n) is 8.95. The topological polar surface area (TPSA) is 54.8 Å². The molecule has 1 aromatic heterocycles. The van der Waals surface area contributed by atoms with Crippen molar-refractivity contribution in [1.29, 1.82) is 0 Å². The highest BCUT2D eigenvalue weighted by Crippen LogP contribution is 2.38. The Bertz CT molecular complexity index is 1180. The third-order valence-corrected chi connectivity index (χ3v) is 7.12. The van der Waals surface area contributed by atoms with Gasteiger partial charge in [0.1, 0.15) is 18.1 Å². The van der Waals surface area contributed by atoms with E-state index in [2.05, 4.69) is 23.1 Å². The number of benzene rings is 2. The quantitative estimate of drug-likeness (QED) is 0.531. The van der Waals surface area contributed by atoms with Gasteiger partial charge in [-0.25, -0.2) is 0 Å². The van der Waals surface area contributed by atoms with Gasteiger partial charge in [0.2, 0.25) is 0 Å². The van der Waals surface area contributed by atoms with Crippen LogP contribution in [-0.2, 0) is 12.2 Å². The van der Waals surface area contributed by atoms with Crippen molar-refractivity contribution in [2.75, 3.05) is 26.7 Å². The molecule has 0 saturated carbocycles. The van der Waals surface area contributed by atoms with Gasteiger partial charge in [-0.1, -0.05) is 35.9 Å². The highest BCUT2D eigenvalue weighted by Gasteiger charge is 2.33. The molecular formula is C28H29ClN2O3. The minimum Gasteiger partial charge on any atom is -0.497 e. The molecule has 0 spiro atoms. The van der Waals surface area contributed by atoms with E-state index >= 15 is 0 Å². The van der Waals surface area contributed by atoms with Crippen LogP contribution in [0.15, 0.2) is 66.9 Å². The molecule has 3 heterocycles. The van der Waals surface area contributed by atoms with E-state index in [-0.39, 0.29) is 0 Å². The highest BCUT2D eigenvalue weighted by atomic mass is 35.5. The second-order valence-corrected chi connectivity index (χ2v) is 9.38. The van der Waals surface area contributed by atoms with Gasteiger partial charge in [0, 0.05) is 53.6 Å². The number of hydrogen-bond donors (Lipinski definition) is 1. The Morgan fingerprint density at radius 3 is 2.71 bits per heavy atom. The van der Waals surface area contributed by atoms with E-state index < -0.39 is 5.60 Å². The smallest absolute Gasteiger partial charge is 0.131 e. The summed E-state index contributed by atoms with van der Waals surface area (Å²) in [5.41, 5.74) is 4.36. The summed E-state index contributed by atoms with van der Waals surface area (Å²) >= 11 is 6.02. The van der Waals surface area contributed by atoms with Crippen LogP contribution >= 0.6 is 11.6 Å². The monoisotopic (exact) mass is 476 g/mol. The molecule has 2 aliphatic heterocycles. The van der Waals surface area contributed by atoms with Crippen LogP contribution in [0.2, 0.25) is 5.02 Å². The lowest BCUT2D eigenvalue weighted by Crippen LogP contribution is -2.42. The molecule has 2 aliphatic rings. The van der Waals surface area contributed by atoms with Crippen molar-refractivity contribution in [1.82, 2.24) is 9.88 Å². The zero-order valence-corrected chi connectivity index (χ0v) is 20.1. The Morgan fingerprint density at radius 1 is 1.15 bits per heavy atom. The minimum atomic E-state index is -0.779. The fourth-order valence-corrected chi connectivity index (χ4v) is 4.97. The van der Waals surface area contributed by atoms with Crippen LogP contribution in [-0.4, -0.2) is 41.7 Å². The molecule has 3 aromatic rings. The van der Waals surface area contributed by atoms with E-state index in [1.807, 2.05) is 48.7 Å². The van der Waals surface area contributed by atoms with Crippen molar-refractivity contribution in [3.63, 3.8) is 0 Å². The zero-order chi connectivity index (χ0) is 23.5. The number of rotatable bonds is 5. The Hall–Kier alpha value is -2.86. The van der Waals surface area contributed by atoms with E-state index in [0.29, 0.717) is 24.5 Å². The molecule has 6 heteroatoms. The number of likely N-dealkylation sites (tertiary alicyclic amines) is 1. The summed E-state index contributed by atoms with van der Waals surface area (Å²) in [6, 6.07) is 17.6. The number of ether oxygens (including phenoxy) is 2. The number of piperidine rings is 1. The SMILES string of the molecule is COc1ccc2c(c1)OCc1cccnc1C2=CCCN1CCC(O)(c2ccc(Cl)cc2)CC1. The first-order chi connectivity index (χ1) is 16.6. The van der Waals surface area contributed by atoms with Gasteiger partial charge in [-0.15, -0.1) is 0 Å². The number of fused-ring (bicyclic) bond motifs is 2. The van der Waals surface area contributed by atoms with Gasteiger partial charge in [-0.05, 0) is 55.2 Å². The van der Waals surface area contributed by atoms with E-state index in [0.717, 1.165) is 65.5 Å². The van der Waals surface area contributed by atoms with Crippen LogP contribution in [0.1, 0.15) is 41.6 Å². The van der Waals surface area contributed by atoms with Crippen LogP contribution in [0, 0.1) is 0 Å². The Kier molecular flexibility index (Phi) is 6.59. The van der Waals surface area contributed by atoms with Gasteiger partial charge in [-0.3, -0.25) is 4.98 Å². The number of aliphatic hydroxyl groups is 1. The summed E-state index contributed by atoms with van der Waals surface area (Å²) in [6.45, 7) is 3.12. The Labute approximate surface area is 205 Å². The molecule has 176 valence electrons. The van der Waals surface area contributed by atoms with Crippen molar-refractivity contribution in [2.45, 2.75) is 31.5 Å². The minimum absolute atomic E-state index is 0.482. The van der Waals surface area contributed by atoms with Crippen molar-refractivity contribution in [3.05, 3.63) is 94.3 Å². The lowest BCUT2D eigenvalue weighted by molar-refractivity contribution is -0.0254. The zero-order valence-electron chi connectivity index (χ0n) is 19.3. The van der Waals surface area contributed by atoms with Crippen molar-refractivity contribution < 1.29 is 14.6 Å². The first-order valence-electron chi connectivity index (χ1n) is 11.7. The third kappa shape index (κ3) is 4.69. The predicted molar refractivity (Wildman–Crippen MR) is 134 cm³/mol. The number of aromatic nitrogens is 1. The van der Waals surface area contributed by atoms with Gasteiger partial charge in [0.15, 0.2) is 0 Å². The van der Waals surface area contributed by atoms with E-state index in [1.165, 1.54) is 0 Å². The van der Waals surface area contributed by atoms with Crippen LogP contribution in [0.3, 0.4) is 0 Å². The van der Waals surface area contributed by atoms with Gasteiger partial charge in [0.25, 0.3) is 0 Å². The lowest BCUT2D eigenvalue weighted by atomic mass is 9.84. The molecule has 1 N–H and O–H groups in total. The van der Waals surface area contributed by atoms with E-state index in [1.54, 1.807) is 7.11 Å². The lowest BCUT2D eigenvalue weighted by Gasteiger charge is -2.38. The predicted octanol–water partition coefficient (Wildman–Crippen LogP) is 5.44. The molecule has 0 unspecified atom stereocenters. The van der Waals surface area contributed by atoms with E-state index in [9.17, 15) is 5.11 Å². The van der Waals surface area contributed by atoms with Crippen LogP contribution in [0.5, 0.6) is 11.5 Å². The van der Waals surface area contributed by atoms with Crippen molar-refractivity contribution >= 4 is 17.2 Å². The molecule has 2 aromatic carbocycles. The molecule has 0 atom stereocenters. The fraction of sp³-hybridized carbons (Fsp3) is 0.321. The molecule has 34 heavy (non-hydrogen) atoms. The summed E-state index contributed by atoms with van der Waals surface area (Å²) in [6.07, 6.45) is 6.42. The number of hydrogen-bond acceptors (Lipinski definition) is 5. The molecule has 5 nitrogen and oxygen atoms in total. The fourth-order valence-electron chi connectivity index (χ4n) is 4.85. The van der Waals surface area contributed by atoms with Crippen molar-refractivity contribution in [2.24, 2.45) is 0 Å². The van der Waals surface area contributed by atoms with Crippen LogP contribution < -0.4 is 9.47 Å². The van der Waals surface area contributed by atoms with Crippen molar-refractivity contribution in [3.8, 4) is 11.5 Å². The maximum Gasteiger partial charge on any atom is 0.131 e. The number of halogens is 1. The highest BCUT2D eigenvalue weighted by molar-refractivity contribution is 6.30. The number of nitrogens with zero attached hydrogens (tertiary/aromatic N) is 2. The maximum absolute atomic E-state index is 11.2. The summed E-state index contributed by atoms with van der Waals surface area (Å²) in [5.74, 6) is 1.59. The molecule has 0 bridgehead atoms. The molecule has 0 radical (unpaired) electrons. The largest absolute Gasteiger partial charge is 0.497 e. The Balaban J connectivity index is 1.30.